The number of hydrogen-bond donors (Lipinski definition) is 2. The van der Waals surface area contributed by atoms with Crippen LogP contribution in [0.25, 0.3) is 10.9 Å². The van der Waals surface area contributed by atoms with Crippen molar-refractivity contribution in [3.05, 3.63) is 60.2 Å². The van der Waals surface area contributed by atoms with Gasteiger partial charge in [0.15, 0.2) is 0 Å². The first kappa shape index (κ1) is 26.0. The van der Waals surface area contributed by atoms with Gasteiger partial charge < -0.3 is 24.8 Å². The number of rotatable bonds is 8. The Kier molecular flexibility index (Phi) is 8.42. The number of benzene rings is 2. The van der Waals surface area contributed by atoms with Crippen LogP contribution in [-0.4, -0.2) is 72.9 Å². The Labute approximate surface area is 221 Å². The Bertz CT molecular complexity index is 1300. The molecule has 2 saturated heterocycles. The van der Waals surface area contributed by atoms with Crippen LogP contribution < -0.4 is 15.4 Å². The minimum atomic E-state index is -0.275. The number of aryl methyl sites for hydroxylation is 1. The third-order valence-corrected chi connectivity index (χ3v) is 6.54. The summed E-state index contributed by atoms with van der Waals surface area (Å²) in [5, 5.41) is 6.90. The van der Waals surface area contributed by atoms with Gasteiger partial charge in [-0.1, -0.05) is 6.08 Å². The normalized spacial score (nSPS) is 18.5. The number of carbonyl (C=O) groups excluding carboxylic acids is 1. The largest absolute Gasteiger partial charge is 0.486 e. The molecule has 0 saturated carbocycles. The number of carbonyl (C=O) groups is 1. The molecule has 2 fully saturated rings. The Morgan fingerprint density at radius 1 is 1.18 bits per heavy atom. The quantitative estimate of drug-likeness (QED) is 0.426. The van der Waals surface area contributed by atoms with Crippen molar-refractivity contribution in [2.24, 2.45) is 0 Å². The molecule has 2 aliphatic rings. The molecule has 3 heterocycles. The van der Waals surface area contributed by atoms with Crippen LogP contribution >= 0.6 is 0 Å². The van der Waals surface area contributed by atoms with Crippen molar-refractivity contribution in [1.29, 1.82) is 0 Å². The molecule has 2 aliphatic heterocycles. The molecule has 200 valence electrons. The maximum Gasteiger partial charge on any atom is 0.248 e. The third kappa shape index (κ3) is 6.63. The second-order valence-corrected chi connectivity index (χ2v) is 9.44. The lowest BCUT2D eigenvalue weighted by Gasteiger charge is -2.18. The number of aromatic nitrogens is 2. The molecule has 5 rings (SSSR count). The predicted molar refractivity (Wildman–Crippen MR) is 143 cm³/mol. The van der Waals surface area contributed by atoms with Crippen LogP contribution in [0.3, 0.4) is 0 Å². The van der Waals surface area contributed by atoms with Crippen molar-refractivity contribution >= 4 is 34.0 Å². The van der Waals surface area contributed by atoms with Gasteiger partial charge in [0.25, 0.3) is 0 Å². The SMILES string of the molecule is Cc1cc(Nc2ncnc3cc(O[C@H]4CCOC4)c(NC(=O)/C=C/CN4CCCOCC4)cc23)ccc1F. The number of amides is 1. The van der Waals surface area contributed by atoms with Gasteiger partial charge in [-0.3, -0.25) is 9.69 Å². The van der Waals surface area contributed by atoms with Gasteiger partial charge in [-0.25, -0.2) is 14.4 Å². The van der Waals surface area contributed by atoms with Crippen molar-refractivity contribution in [2.45, 2.75) is 25.9 Å². The Balaban J connectivity index is 1.39. The Hall–Kier alpha value is -3.60. The van der Waals surface area contributed by atoms with E-state index in [1.165, 1.54) is 12.4 Å². The molecule has 0 radical (unpaired) electrons. The van der Waals surface area contributed by atoms with Gasteiger partial charge in [0.05, 0.1) is 31.0 Å². The summed E-state index contributed by atoms with van der Waals surface area (Å²) in [6.07, 6.45) is 6.51. The molecule has 0 unspecified atom stereocenters. The minimum absolute atomic E-state index is 0.106. The van der Waals surface area contributed by atoms with Gasteiger partial charge in [-0.2, -0.15) is 0 Å². The molecule has 0 spiro atoms. The highest BCUT2D eigenvalue weighted by Gasteiger charge is 2.21. The van der Waals surface area contributed by atoms with Crippen LogP contribution in [-0.2, 0) is 14.3 Å². The zero-order chi connectivity index (χ0) is 26.3. The highest BCUT2D eigenvalue weighted by Crippen LogP contribution is 2.34. The molecule has 10 heteroatoms. The molecule has 38 heavy (non-hydrogen) atoms. The Morgan fingerprint density at radius 2 is 2.11 bits per heavy atom. The van der Waals surface area contributed by atoms with E-state index in [1.54, 1.807) is 37.3 Å². The lowest BCUT2D eigenvalue weighted by molar-refractivity contribution is -0.111. The summed E-state index contributed by atoms with van der Waals surface area (Å²) in [5.41, 5.74) is 2.37. The minimum Gasteiger partial charge on any atom is -0.486 e. The number of ether oxygens (including phenoxy) is 3. The Morgan fingerprint density at radius 3 is 2.95 bits per heavy atom. The summed E-state index contributed by atoms with van der Waals surface area (Å²) in [4.78, 5) is 24.0. The topological polar surface area (TPSA) is 97.8 Å². The summed E-state index contributed by atoms with van der Waals surface area (Å²) < 4.78 is 30.9. The first-order valence-corrected chi connectivity index (χ1v) is 12.9. The maximum absolute atomic E-state index is 13.8. The standard InChI is InChI=1S/C28H32FN5O4/c1-19-14-20(5-6-23(19)29)32-28-22-15-25(33-27(35)4-2-8-34-9-3-11-36-13-10-34)26(16-24(22)30-18-31-28)38-21-7-12-37-17-21/h2,4-6,14-16,18,21H,3,7-13,17H2,1H3,(H,33,35)(H,30,31,32)/b4-2+/t21-/m0/s1. The lowest BCUT2D eigenvalue weighted by Crippen LogP contribution is -2.26. The highest BCUT2D eigenvalue weighted by atomic mass is 19.1. The van der Waals surface area contributed by atoms with E-state index in [2.05, 4.69) is 25.5 Å². The molecule has 1 amide bonds. The number of nitrogens with one attached hydrogen (secondary N) is 2. The van der Waals surface area contributed by atoms with Gasteiger partial charge in [0.1, 0.15) is 29.8 Å². The fraction of sp³-hybridized carbons (Fsp3) is 0.393. The van der Waals surface area contributed by atoms with Crippen LogP contribution in [0, 0.1) is 12.7 Å². The van der Waals surface area contributed by atoms with E-state index < -0.39 is 0 Å². The van der Waals surface area contributed by atoms with Gasteiger partial charge in [0.2, 0.25) is 5.91 Å². The van der Waals surface area contributed by atoms with Gasteiger partial charge in [-0.15, -0.1) is 0 Å². The molecule has 2 aromatic carbocycles. The zero-order valence-corrected chi connectivity index (χ0v) is 21.4. The monoisotopic (exact) mass is 521 g/mol. The average molecular weight is 522 g/mol. The van der Waals surface area contributed by atoms with Crippen molar-refractivity contribution in [3.63, 3.8) is 0 Å². The van der Waals surface area contributed by atoms with E-state index in [0.717, 1.165) is 32.5 Å². The van der Waals surface area contributed by atoms with E-state index in [0.29, 0.717) is 65.8 Å². The van der Waals surface area contributed by atoms with Crippen LogP contribution in [0.2, 0.25) is 0 Å². The smallest absolute Gasteiger partial charge is 0.248 e. The summed E-state index contributed by atoms with van der Waals surface area (Å²) in [5.74, 6) is 0.513. The summed E-state index contributed by atoms with van der Waals surface area (Å²) in [6.45, 7) is 6.79. The number of halogens is 1. The predicted octanol–water partition coefficient (Wildman–Crippen LogP) is 4.21. The zero-order valence-electron chi connectivity index (χ0n) is 21.4. The third-order valence-electron chi connectivity index (χ3n) is 6.54. The molecule has 0 aliphatic carbocycles. The van der Waals surface area contributed by atoms with E-state index in [1.807, 2.05) is 6.08 Å². The molecule has 3 aromatic rings. The average Bonchev–Trinajstić information content (AvgIpc) is 3.28. The first-order valence-electron chi connectivity index (χ1n) is 12.9. The molecule has 1 aromatic heterocycles. The van der Waals surface area contributed by atoms with Gasteiger partial charge >= 0.3 is 0 Å². The van der Waals surface area contributed by atoms with Gasteiger partial charge in [0, 0.05) is 55.9 Å². The second kappa shape index (κ2) is 12.3. The van der Waals surface area contributed by atoms with Crippen molar-refractivity contribution in [1.82, 2.24) is 14.9 Å². The van der Waals surface area contributed by atoms with E-state index >= 15 is 0 Å². The van der Waals surface area contributed by atoms with E-state index in [9.17, 15) is 9.18 Å². The maximum atomic E-state index is 13.8. The van der Waals surface area contributed by atoms with Crippen molar-refractivity contribution < 1.29 is 23.4 Å². The fourth-order valence-electron chi connectivity index (χ4n) is 4.49. The van der Waals surface area contributed by atoms with Crippen LogP contribution in [0.15, 0.2) is 48.8 Å². The lowest BCUT2D eigenvalue weighted by atomic mass is 10.1. The second-order valence-electron chi connectivity index (χ2n) is 9.44. The van der Waals surface area contributed by atoms with E-state index in [4.69, 9.17) is 14.2 Å². The molecule has 9 nitrogen and oxygen atoms in total. The number of fused-ring (bicyclic) bond motifs is 1. The number of hydrogen-bond acceptors (Lipinski definition) is 8. The summed E-state index contributed by atoms with van der Waals surface area (Å²) in [7, 11) is 0. The molecule has 0 bridgehead atoms. The number of anilines is 3. The van der Waals surface area contributed by atoms with E-state index in [-0.39, 0.29) is 17.8 Å². The van der Waals surface area contributed by atoms with Crippen LogP contribution in [0.4, 0.5) is 21.6 Å². The highest BCUT2D eigenvalue weighted by molar-refractivity contribution is 6.03. The summed E-state index contributed by atoms with van der Waals surface area (Å²) >= 11 is 0. The molecule has 1 atom stereocenters. The van der Waals surface area contributed by atoms with Crippen molar-refractivity contribution in [3.8, 4) is 5.75 Å². The molecular formula is C28H32FN5O4. The van der Waals surface area contributed by atoms with Crippen LogP contribution in [0.5, 0.6) is 5.75 Å². The molecule has 2 N–H and O–H groups in total. The summed E-state index contributed by atoms with van der Waals surface area (Å²) in [6, 6.07) is 8.37. The fourth-order valence-corrected chi connectivity index (χ4v) is 4.49. The first-order chi connectivity index (χ1) is 18.5. The van der Waals surface area contributed by atoms with Gasteiger partial charge in [-0.05, 0) is 43.2 Å². The molecular weight excluding hydrogens is 489 g/mol. The number of nitrogens with zero attached hydrogens (tertiary/aromatic N) is 3. The van der Waals surface area contributed by atoms with Crippen molar-refractivity contribution in [2.75, 3.05) is 56.7 Å². The van der Waals surface area contributed by atoms with Crippen LogP contribution in [0.1, 0.15) is 18.4 Å².